The maximum Gasteiger partial charge on any atom is 0.320 e. The Morgan fingerprint density at radius 2 is 1.68 bits per heavy atom. The summed E-state index contributed by atoms with van der Waals surface area (Å²) in [4.78, 5) is 74.3. The number of anilines is 4. The summed E-state index contributed by atoms with van der Waals surface area (Å²) < 4.78 is 0. The lowest BCUT2D eigenvalue weighted by atomic mass is 9.74. The molecule has 0 bridgehead atoms. The zero-order chi connectivity index (χ0) is 44.4. The molecule has 1 aromatic heterocycles. The van der Waals surface area contributed by atoms with Gasteiger partial charge in [0.25, 0.3) is 11.8 Å². The number of piperidine rings is 2. The molecule has 8 rings (SSSR count). The summed E-state index contributed by atoms with van der Waals surface area (Å²) in [5.41, 5.74) is 10.8. The summed E-state index contributed by atoms with van der Waals surface area (Å²) in [5, 5.41) is 6.07. The van der Waals surface area contributed by atoms with Crippen LogP contribution in [0.5, 0.6) is 0 Å². The Bertz CT molecular complexity index is 2180. The van der Waals surface area contributed by atoms with Crippen molar-refractivity contribution < 1.29 is 19.2 Å². The number of primary amides is 1. The third kappa shape index (κ3) is 8.81. The Labute approximate surface area is 372 Å². The van der Waals surface area contributed by atoms with Crippen LogP contribution in [0, 0.1) is 0 Å². The van der Waals surface area contributed by atoms with Gasteiger partial charge in [-0.05, 0) is 111 Å². The number of likely N-dealkylation sites (tertiary alicyclic amines) is 1. The molecule has 5 amide bonds. The van der Waals surface area contributed by atoms with Crippen LogP contribution in [0.3, 0.4) is 0 Å². The zero-order valence-electron chi connectivity index (χ0n) is 37.5. The topological polar surface area (TPSA) is 164 Å². The summed E-state index contributed by atoms with van der Waals surface area (Å²) in [6.45, 7) is 17.7. The van der Waals surface area contributed by atoms with Crippen molar-refractivity contribution in [2.45, 2.75) is 108 Å². The van der Waals surface area contributed by atoms with Crippen LogP contribution in [-0.2, 0) is 16.8 Å². The van der Waals surface area contributed by atoms with Gasteiger partial charge in [-0.3, -0.25) is 19.3 Å². The minimum Gasteiger partial charge on any atom is -0.368 e. The Hall–Kier alpha value is -5.70. The van der Waals surface area contributed by atoms with E-state index >= 15 is 0 Å². The summed E-state index contributed by atoms with van der Waals surface area (Å²) in [5.74, 6) is 0.103. The summed E-state index contributed by atoms with van der Waals surface area (Å²) in [6, 6.07) is 15.0. The van der Waals surface area contributed by atoms with E-state index in [1.807, 2.05) is 34.1 Å². The highest BCUT2D eigenvalue weighted by Crippen LogP contribution is 2.39. The number of likely N-dealkylation sites (N-methyl/N-ethyl adjacent to an activating group) is 1. The number of aromatic nitrogens is 2. The van der Waals surface area contributed by atoms with Gasteiger partial charge >= 0.3 is 6.03 Å². The van der Waals surface area contributed by atoms with Crippen LogP contribution < -0.4 is 26.2 Å². The third-order valence-electron chi connectivity index (χ3n) is 14.6. The van der Waals surface area contributed by atoms with Gasteiger partial charge in [0.05, 0.1) is 12.2 Å². The van der Waals surface area contributed by atoms with Crippen LogP contribution in [0.4, 0.5) is 27.8 Å². The first kappa shape index (κ1) is 43.9. The molecule has 4 N–H and O–H groups in total. The van der Waals surface area contributed by atoms with Gasteiger partial charge in [0.1, 0.15) is 11.9 Å². The number of amides is 5. The van der Waals surface area contributed by atoms with Gasteiger partial charge in [-0.1, -0.05) is 39.0 Å². The average molecular weight is 860 g/mol. The summed E-state index contributed by atoms with van der Waals surface area (Å²) in [7, 11) is 1.61. The molecular formula is C48H65N11O4. The van der Waals surface area contributed by atoms with Crippen molar-refractivity contribution >= 4 is 46.8 Å². The highest BCUT2D eigenvalue weighted by Gasteiger charge is 2.41. The number of hydrogen-bond acceptors (Lipinski definition) is 10. The molecule has 5 aliphatic rings. The first-order chi connectivity index (χ1) is 30.4. The van der Waals surface area contributed by atoms with E-state index in [-0.39, 0.29) is 41.0 Å². The molecular weight excluding hydrogens is 795 g/mol. The van der Waals surface area contributed by atoms with Crippen LogP contribution in [0.1, 0.15) is 104 Å². The molecule has 2 aromatic carbocycles. The van der Waals surface area contributed by atoms with Crippen molar-refractivity contribution in [1.82, 2.24) is 34.9 Å². The quantitative estimate of drug-likeness (QED) is 0.157. The predicted octanol–water partition coefficient (Wildman–Crippen LogP) is 5.49. The molecule has 0 saturated carbocycles. The number of carbonyl (C=O) groups is 4. The Kier molecular flexibility index (Phi) is 12.9. The molecule has 15 nitrogen and oxygen atoms in total. The van der Waals surface area contributed by atoms with E-state index < -0.39 is 11.9 Å². The van der Waals surface area contributed by atoms with Crippen molar-refractivity contribution in [3.8, 4) is 0 Å². The number of rotatable bonds is 16. The number of nitrogens with two attached hydrogens (primary N) is 1. The lowest BCUT2D eigenvalue weighted by Gasteiger charge is -2.50. The van der Waals surface area contributed by atoms with E-state index in [9.17, 15) is 19.2 Å². The van der Waals surface area contributed by atoms with E-state index in [0.29, 0.717) is 49.2 Å². The van der Waals surface area contributed by atoms with Gasteiger partial charge in [0, 0.05) is 81.9 Å². The molecule has 63 heavy (non-hydrogen) atoms. The molecule has 4 fully saturated rings. The number of fused-ring (bicyclic) bond motifs is 1. The largest absolute Gasteiger partial charge is 0.368 e. The fourth-order valence-corrected chi connectivity index (χ4v) is 10.5. The molecule has 6 heterocycles. The summed E-state index contributed by atoms with van der Waals surface area (Å²) >= 11 is 0. The van der Waals surface area contributed by atoms with E-state index in [1.165, 1.54) is 5.56 Å². The van der Waals surface area contributed by atoms with Crippen LogP contribution in [0.25, 0.3) is 0 Å². The van der Waals surface area contributed by atoms with E-state index in [4.69, 9.17) is 10.7 Å². The van der Waals surface area contributed by atoms with Crippen LogP contribution in [0.15, 0.2) is 61.3 Å². The Morgan fingerprint density at radius 1 is 0.952 bits per heavy atom. The molecule has 4 saturated heterocycles. The van der Waals surface area contributed by atoms with Gasteiger partial charge in [0.2, 0.25) is 5.91 Å². The fourth-order valence-electron chi connectivity index (χ4n) is 10.5. The van der Waals surface area contributed by atoms with Gasteiger partial charge in [-0.15, -0.1) is 6.58 Å². The van der Waals surface area contributed by atoms with E-state index in [1.54, 1.807) is 24.2 Å². The number of nitrogens with one attached hydrogen (secondary N) is 2. The molecule has 0 radical (unpaired) electrons. The van der Waals surface area contributed by atoms with E-state index in [0.717, 1.165) is 101 Å². The van der Waals surface area contributed by atoms with Crippen molar-refractivity contribution in [2.24, 2.45) is 5.73 Å². The van der Waals surface area contributed by atoms with Crippen LogP contribution in [0.2, 0.25) is 0 Å². The predicted molar refractivity (Wildman–Crippen MR) is 246 cm³/mol. The highest BCUT2D eigenvalue weighted by atomic mass is 16.2. The second kappa shape index (κ2) is 18.6. The number of urea groups is 1. The fraction of sp³-hybridized carbons (Fsp3) is 0.542. The lowest BCUT2D eigenvalue weighted by molar-refractivity contribution is -0.125. The van der Waals surface area contributed by atoms with Crippen LogP contribution in [-0.4, -0.2) is 137 Å². The molecule has 2 unspecified atom stereocenters. The molecule has 3 aromatic rings. The maximum absolute atomic E-state index is 13.5. The molecule has 2 atom stereocenters. The number of nitrogens with zero attached hydrogens (tertiary/aromatic N) is 8. The number of benzene rings is 2. The third-order valence-corrected chi connectivity index (χ3v) is 14.6. The number of hydrogen-bond donors (Lipinski definition) is 3. The smallest absolute Gasteiger partial charge is 0.320 e. The second-order valence-corrected chi connectivity index (χ2v) is 18.3. The monoisotopic (exact) mass is 860 g/mol. The van der Waals surface area contributed by atoms with Crippen molar-refractivity contribution in [3.63, 3.8) is 0 Å². The van der Waals surface area contributed by atoms with Gasteiger partial charge < -0.3 is 40.9 Å². The van der Waals surface area contributed by atoms with Crippen molar-refractivity contribution in [1.29, 1.82) is 0 Å². The minimum absolute atomic E-state index is 0.0275. The second-order valence-electron chi connectivity index (χ2n) is 18.3. The Morgan fingerprint density at radius 3 is 2.37 bits per heavy atom. The molecule has 0 spiro atoms. The van der Waals surface area contributed by atoms with Gasteiger partial charge in [0.15, 0.2) is 11.5 Å². The number of carbonyl (C=O) groups excluding carboxylic acids is 4. The standard InChI is InChI=1S/C48H65N11O4/c1-6-9-12-40(45(61)50-5)59-28-32-26-36(17-18-39(32)46(59)62)56-30-38(31-56)54-22-19-48(4,20-23-54)33-13-15-34(16-14-33)52-44-42(43(49)60)51-27-41(53-44)55-21-10-11-37(29-55)58-25-24-57(47(58)63)35(7-2)8-3/h6,13-18,26-27,35,37-38,40H,1,7-12,19-25,28-31H2,2-5H3,(H2,49,60)(H,50,61)(H,52,53). The summed E-state index contributed by atoms with van der Waals surface area (Å²) in [6.07, 6.45) is 10.5. The molecule has 15 heteroatoms. The average Bonchev–Trinajstić information content (AvgIpc) is 3.82. The SMILES string of the molecule is C=CCCC(C(=O)NC)N1Cc2cc(N3CC(N4CCC(C)(c5ccc(Nc6nc(N7CCCC(N8CCN(C(CC)CC)C8=O)C7)cnc6C(N)=O)cc5)CC4)C3)ccc2C1=O. The number of allylic oxidation sites excluding steroid dienone is 1. The highest BCUT2D eigenvalue weighted by molar-refractivity contribution is 6.01. The lowest BCUT2D eigenvalue weighted by Crippen LogP contribution is -2.61. The zero-order valence-corrected chi connectivity index (χ0v) is 37.5. The molecule has 336 valence electrons. The Balaban J connectivity index is 0.852. The van der Waals surface area contributed by atoms with Crippen molar-refractivity contribution in [3.05, 3.63) is 83.7 Å². The molecule has 0 aliphatic carbocycles. The van der Waals surface area contributed by atoms with Gasteiger partial charge in [-0.25, -0.2) is 14.8 Å². The first-order valence-corrected chi connectivity index (χ1v) is 23.1. The normalized spacial score (nSPS) is 20.8. The minimum atomic E-state index is -0.648. The van der Waals surface area contributed by atoms with Gasteiger partial charge in [-0.2, -0.15) is 0 Å². The maximum atomic E-state index is 13.5. The molecule has 5 aliphatic heterocycles. The van der Waals surface area contributed by atoms with Crippen molar-refractivity contribution in [2.75, 3.05) is 74.5 Å². The van der Waals surface area contributed by atoms with E-state index in [2.05, 4.69) is 75.9 Å². The first-order valence-electron chi connectivity index (χ1n) is 23.1. The van der Waals surface area contributed by atoms with Crippen LogP contribution >= 0.6 is 0 Å².